The Morgan fingerprint density at radius 1 is 0.913 bits per heavy atom. The number of fused-ring (bicyclic) bond motifs is 2. The molecule has 2 heterocycles. The lowest BCUT2D eigenvalue weighted by Crippen LogP contribution is -1.89. The third-order valence-electron chi connectivity index (χ3n) is 3.40. The van der Waals surface area contributed by atoms with Gasteiger partial charge in [0.2, 0.25) is 0 Å². The Bertz CT molecular complexity index is 960. The van der Waals surface area contributed by atoms with Crippen LogP contribution < -0.4 is 14.8 Å². The Morgan fingerprint density at radius 2 is 1.70 bits per heavy atom. The molecule has 0 saturated carbocycles. The molecular weight excluding hydrogens is 330 g/mol. The van der Waals surface area contributed by atoms with Gasteiger partial charge in [0.15, 0.2) is 10.3 Å². The van der Waals surface area contributed by atoms with Crippen molar-refractivity contribution < 1.29 is 9.47 Å². The van der Waals surface area contributed by atoms with Gasteiger partial charge in [-0.1, -0.05) is 34.8 Å². The Balaban J connectivity index is 1.73. The molecule has 0 unspecified atom stereocenters. The van der Waals surface area contributed by atoms with Crippen LogP contribution in [0.25, 0.3) is 20.4 Å². The van der Waals surface area contributed by atoms with Crippen molar-refractivity contribution in [2.75, 3.05) is 19.5 Å². The Morgan fingerprint density at radius 3 is 2.48 bits per heavy atom. The van der Waals surface area contributed by atoms with E-state index >= 15 is 0 Å². The zero-order valence-corrected chi connectivity index (χ0v) is 14.1. The highest BCUT2D eigenvalue weighted by molar-refractivity contribution is 7.24. The first kappa shape index (κ1) is 14.2. The lowest BCUT2D eigenvalue weighted by Gasteiger charge is -2.03. The van der Waals surface area contributed by atoms with Gasteiger partial charge in [0.05, 0.1) is 29.1 Å². The van der Waals surface area contributed by atoms with Crippen molar-refractivity contribution in [3.05, 3.63) is 36.4 Å². The fraction of sp³-hybridized carbons (Fsp3) is 0.125. The molecule has 116 valence electrons. The number of para-hydroxylation sites is 1. The maximum absolute atomic E-state index is 5.40. The van der Waals surface area contributed by atoms with E-state index < -0.39 is 0 Å². The third-order valence-corrected chi connectivity index (χ3v) is 5.27. The van der Waals surface area contributed by atoms with E-state index in [1.165, 1.54) is 0 Å². The van der Waals surface area contributed by atoms with Crippen LogP contribution in [-0.2, 0) is 0 Å². The van der Waals surface area contributed by atoms with Crippen LogP contribution in [0.3, 0.4) is 0 Å². The molecule has 4 aromatic rings. The zero-order chi connectivity index (χ0) is 15.8. The number of ether oxygens (including phenoxy) is 2. The van der Waals surface area contributed by atoms with E-state index in [2.05, 4.69) is 21.4 Å². The summed E-state index contributed by atoms with van der Waals surface area (Å²) in [6.45, 7) is 0. The normalized spacial score (nSPS) is 11.0. The zero-order valence-electron chi connectivity index (χ0n) is 12.5. The number of anilines is 2. The standard InChI is InChI=1S/C16H13N3O2S2/c1-20-9-7-11(21-2)14-13(8-9)23-16(18-14)19-15-17-10-5-3-4-6-12(10)22-15/h3-8H,1-2H3,(H,17,18,19). The predicted molar refractivity (Wildman–Crippen MR) is 95.6 cm³/mol. The molecule has 2 aromatic carbocycles. The summed E-state index contributed by atoms with van der Waals surface area (Å²) in [6, 6.07) is 11.9. The van der Waals surface area contributed by atoms with E-state index in [0.29, 0.717) is 5.75 Å². The van der Waals surface area contributed by atoms with E-state index in [1.807, 2.05) is 30.3 Å². The van der Waals surface area contributed by atoms with Crippen molar-refractivity contribution in [3.63, 3.8) is 0 Å². The van der Waals surface area contributed by atoms with Crippen LogP contribution in [-0.4, -0.2) is 24.2 Å². The van der Waals surface area contributed by atoms with Gasteiger partial charge in [-0.15, -0.1) is 0 Å². The number of benzene rings is 2. The molecule has 2 aromatic heterocycles. The predicted octanol–water partition coefficient (Wildman–Crippen LogP) is 4.67. The third kappa shape index (κ3) is 2.58. The van der Waals surface area contributed by atoms with Gasteiger partial charge < -0.3 is 14.8 Å². The van der Waals surface area contributed by atoms with E-state index in [1.54, 1.807) is 36.9 Å². The first-order chi connectivity index (χ1) is 11.3. The van der Waals surface area contributed by atoms with Crippen LogP contribution in [0.1, 0.15) is 0 Å². The van der Waals surface area contributed by atoms with Crippen LogP contribution in [0, 0.1) is 0 Å². The van der Waals surface area contributed by atoms with Crippen LogP contribution in [0.2, 0.25) is 0 Å². The number of methoxy groups -OCH3 is 2. The summed E-state index contributed by atoms with van der Waals surface area (Å²) >= 11 is 3.15. The van der Waals surface area contributed by atoms with Crippen LogP contribution in [0.5, 0.6) is 11.5 Å². The molecule has 4 rings (SSSR count). The minimum Gasteiger partial charge on any atom is -0.497 e. The van der Waals surface area contributed by atoms with Crippen molar-refractivity contribution in [1.29, 1.82) is 0 Å². The summed E-state index contributed by atoms with van der Waals surface area (Å²) in [4.78, 5) is 9.19. The number of rotatable bonds is 4. The van der Waals surface area contributed by atoms with E-state index in [0.717, 1.165) is 36.4 Å². The largest absolute Gasteiger partial charge is 0.497 e. The summed E-state index contributed by atoms with van der Waals surface area (Å²) in [6.07, 6.45) is 0. The summed E-state index contributed by atoms with van der Waals surface area (Å²) in [7, 11) is 3.27. The maximum Gasteiger partial charge on any atom is 0.190 e. The fourth-order valence-corrected chi connectivity index (χ4v) is 4.16. The molecular formula is C16H13N3O2S2. The molecule has 0 radical (unpaired) electrons. The summed E-state index contributed by atoms with van der Waals surface area (Å²) in [5.41, 5.74) is 1.81. The first-order valence-electron chi connectivity index (χ1n) is 6.92. The van der Waals surface area contributed by atoms with Crippen molar-refractivity contribution in [2.45, 2.75) is 0 Å². The summed E-state index contributed by atoms with van der Waals surface area (Å²) in [5, 5.41) is 4.90. The van der Waals surface area contributed by atoms with Crippen molar-refractivity contribution >= 4 is 53.4 Å². The molecule has 5 nitrogen and oxygen atoms in total. The first-order valence-corrected chi connectivity index (χ1v) is 8.55. The molecule has 1 N–H and O–H groups in total. The quantitative estimate of drug-likeness (QED) is 0.584. The minimum absolute atomic E-state index is 0.702. The highest BCUT2D eigenvalue weighted by atomic mass is 32.1. The summed E-state index contributed by atoms with van der Waals surface area (Å²) < 4.78 is 12.9. The van der Waals surface area contributed by atoms with Gasteiger partial charge >= 0.3 is 0 Å². The van der Waals surface area contributed by atoms with Crippen LogP contribution in [0.15, 0.2) is 36.4 Å². The van der Waals surface area contributed by atoms with Crippen molar-refractivity contribution in [2.24, 2.45) is 0 Å². The number of aromatic nitrogens is 2. The van der Waals surface area contributed by atoms with Gasteiger partial charge in [-0.3, -0.25) is 0 Å². The number of thiazole rings is 2. The van der Waals surface area contributed by atoms with E-state index in [4.69, 9.17) is 9.47 Å². The van der Waals surface area contributed by atoms with Gasteiger partial charge in [0, 0.05) is 6.07 Å². The maximum atomic E-state index is 5.40. The van der Waals surface area contributed by atoms with Gasteiger partial charge in [0.1, 0.15) is 17.0 Å². The second kappa shape index (κ2) is 5.68. The molecule has 7 heteroatoms. The lowest BCUT2D eigenvalue weighted by atomic mass is 10.3. The molecule has 0 fully saturated rings. The van der Waals surface area contributed by atoms with E-state index in [9.17, 15) is 0 Å². The highest BCUT2D eigenvalue weighted by Crippen LogP contribution is 2.38. The van der Waals surface area contributed by atoms with Gasteiger partial charge in [0.25, 0.3) is 0 Å². The Labute approximate surface area is 140 Å². The molecule has 0 saturated heterocycles. The van der Waals surface area contributed by atoms with E-state index in [-0.39, 0.29) is 0 Å². The lowest BCUT2D eigenvalue weighted by molar-refractivity contribution is 0.397. The second-order valence-corrected chi connectivity index (χ2v) is 6.87. The average Bonchev–Trinajstić information content (AvgIpc) is 3.16. The number of hydrogen-bond acceptors (Lipinski definition) is 7. The number of hydrogen-bond donors (Lipinski definition) is 1. The minimum atomic E-state index is 0.702. The summed E-state index contributed by atoms with van der Waals surface area (Å²) in [5.74, 6) is 1.46. The Kier molecular flexibility index (Phi) is 3.51. The van der Waals surface area contributed by atoms with Crippen LogP contribution in [0.4, 0.5) is 10.3 Å². The van der Waals surface area contributed by atoms with Crippen molar-refractivity contribution in [1.82, 2.24) is 9.97 Å². The molecule has 0 spiro atoms. The average molecular weight is 343 g/mol. The highest BCUT2D eigenvalue weighted by Gasteiger charge is 2.13. The van der Waals surface area contributed by atoms with Gasteiger partial charge in [-0.25, -0.2) is 9.97 Å². The smallest absolute Gasteiger partial charge is 0.190 e. The van der Waals surface area contributed by atoms with Gasteiger partial charge in [-0.2, -0.15) is 0 Å². The molecule has 0 aliphatic heterocycles. The molecule has 0 atom stereocenters. The monoisotopic (exact) mass is 343 g/mol. The molecule has 0 aliphatic carbocycles. The molecule has 0 amide bonds. The topological polar surface area (TPSA) is 56.3 Å². The van der Waals surface area contributed by atoms with Crippen LogP contribution >= 0.6 is 22.7 Å². The molecule has 0 bridgehead atoms. The molecule has 0 aliphatic rings. The number of nitrogens with zero attached hydrogens (tertiary/aromatic N) is 2. The SMILES string of the molecule is COc1cc(OC)c2nc(Nc3nc4ccccc4s3)sc2c1. The Hall–Kier alpha value is -2.38. The number of nitrogens with one attached hydrogen (secondary N) is 1. The molecule has 23 heavy (non-hydrogen) atoms. The van der Waals surface area contributed by atoms with Crippen molar-refractivity contribution in [3.8, 4) is 11.5 Å². The fourth-order valence-electron chi connectivity index (χ4n) is 2.32. The van der Waals surface area contributed by atoms with Gasteiger partial charge in [-0.05, 0) is 18.2 Å². The second-order valence-electron chi connectivity index (χ2n) is 4.81.